The molecule has 0 heterocycles. The minimum absolute atomic E-state index is 0.750. The van der Waals surface area contributed by atoms with Crippen LogP contribution >= 0.6 is 8.58 Å². The van der Waals surface area contributed by atoms with Crippen LogP contribution in [0.15, 0.2) is 60.7 Å². The average Bonchev–Trinajstić information content (AvgIpc) is 2.33. The van der Waals surface area contributed by atoms with E-state index in [9.17, 15) is 0 Å². The number of hydrogen-bond acceptors (Lipinski definition) is 2. The molecule has 0 aromatic heterocycles. The maximum absolute atomic E-state index is 7.12. The van der Waals surface area contributed by atoms with Crippen molar-refractivity contribution in [2.24, 2.45) is 0 Å². The molecule has 0 amide bonds. The first-order valence-corrected chi connectivity index (χ1v) is 5.95. The minimum Gasteiger partial charge on any atom is -0.371 e. The van der Waals surface area contributed by atoms with Gasteiger partial charge in [0.2, 0.25) is 0 Å². The fourth-order valence-corrected chi connectivity index (χ4v) is 2.26. The Labute approximate surface area is 97.4 Å². The van der Waals surface area contributed by atoms with Gasteiger partial charge in [0.1, 0.15) is 6.79 Å². The number of aliphatic hydroxyl groups is 2. The topological polar surface area (TPSA) is 40.5 Å². The zero-order valence-corrected chi connectivity index (χ0v) is 9.88. The molecule has 0 fully saturated rings. The van der Waals surface area contributed by atoms with Gasteiger partial charge in [-0.1, -0.05) is 69.2 Å². The summed E-state index contributed by atoms with van der Waals surface area (Å²) in [6.45, 7) is -0.750. The molecule has 0 unspecified atom stereocenters. The van der Waals surface area contributed by atoms with Gasteiger partial charge in [-0.15, -0.1) is 0 Å². The van der Waals surface area contributed by atoms with Gasteiger partial charge in [0.25, 0.3) is 0 Å². The second kappa shape index (κ2) is 8.00. The molecule has 0 saturated heterocycles. The molecule has 0 atom stereocenters. The molecule has 2 rings (SSSR count). The quantitative estimate of drug-likeness (QED) is 0.606. The molecular weight excluding hydrogens is 219 g/mol. The number of hydrogen-bond donors (Lipinski definition) is 2. The van der Waals surface area contributed by atoms with Crippen LogP contribution in [0, 0.1) is 0 Å². The summed E-state index contributed by atoms with van der Waals surface area (Å²) in [5.41, 5.74) is 0. The second-order valence-electron chi connectivity index (χ2n) is 3.00. The van der Waals surface area contributed by atoms with E-state index < -0.39 is 6.79 Å². The molecule has 0 radical (unpaired) electrons. The van der Waals surface area contributed by atoms with Crippen molar-refractivity contribution in [3.8, 4) is 0 Å². The van der Waals surface area contributed by atoms with Crippen LogP contribution in [0.2, 0.25) is 0 Å². The van der Waals surface area contributed by atoms with E-state index in [1.807, 2.05) is 0 Å². The lowest BCUT2D eigenvalue weighted by atomic mass is 10.4. The summed E-state index contributed by atoms with van der Waals surface area (Å²) in [6, 6.07) is 21.2. The Bertz CT molecular complexity index is 338. The third-order valence-corrected chi connectivity index (χ3v) is 3.08. The van der Waals surface area contributed by atoms with Crippen molar-refractivity contribution < 1.29 is 10.2 Å². The SMILES string of the molecule is OCO.c1ccc(Pc2ccccc2)cc1. The molecule has 2 N–H and O–H groups in total. The van der Waals surface area contributed by atoms with Gasteiger partial charge in [0, 0.05) is 0 Å². The van der Waals surface area contributed by atoms with E-state index in [1.165, 1.54) is 10.6 Å². The van der Waals surface area contributed by atoms with Gasteiger partial charge < -0.3 is 10.2 Å². The van der Waals surface area contributed by atoms with E-state index in [2.05, 4.69) is 60.7 Å². The molecule has 0 spiro atoms. The molecule has 0 saturated carbocycles. The Morgan fingerprint density at radius 2 is 1.00 bits per heavy atom. The first-order chi connectivity index (χ1) is 7.86. The molecule has 0 aliphatic rings. The molecule has 16 heavy (non-hydrogen) atoms. The fourth-order valence-electron chi connectivity index (χ4n) is 1.21. The van der Waals surface area contributed by atoms with Gasteiger partial charge in [-0.05, 0) is 10.6 Å². The van der Waals surface area contributed by atoms with Crippen LogP contribution in [0.5, 0.6) is 0 Å². The lowest BCUT2D eigenvalue weighted by molar-refractivity contribution is 0.0773. The second-order valence-corrected chi connectivity index (χ2v) is 4.40. The van der Waals surface area contributed by atoms with Crippen LogP contribution in [0.4, 0.5) is 0 Å². The van der Waals surface area contributed by atoms with E-state index >= 15 is 0 Å². The molecule has 2 nitrogen and oxygen atoms in total. The molecular formula is C13H15O2P. The highest BCUT2D eigenvalue weighted by Crippen LogP contribution is 2.08. The number of benzene rings is 2. The number of aliphatic hydroxyl groups excluding tert-OH is 1. The summed E-state index contributed by atoms with van der Waals surface area (Å²) in [7, 11) is 0.777. The lowest BCUT2D eigenvalue weighted by Crippen LogP contribution is -2.01. The van der Waals surface area contributed by atoms with Crippen molar-refractivity contribution in [1.29, 1.82) is 0 Å². The third-order valence-electron chi connectivity index (χ3n) is 1.84. The Balaban J connectivity index is 0.000000386. The van der Waals surface area contributed by atoms with Gasteiger partial charge in [0.15, 0.2) is 0 Å². The van der Waals surface area contributed by atoms with Crippen molar-refractivity contribution in [2.75, 3.05) is 6.79 Å². The largest absolute Gasteiger partial charge is 0.371 e. The van der Waals surface area contributed by atoms with E-state index in [1.54, 1.807) is 0 Å². The van der Waals surface area contributed by atoms with Crippen molar-refractivity contribution >= 4 is 19.2 Å². The summed E-state index contributed by atoms with van der Waals surface area (Å²) >= 11 is 0. The van der Waals surface area contributed by atoms with Crippen LogP contribution in [-0.4, -0.2) is 17.0 Å². The Hall–Kier alpha value is -1.21. The normalized spacial score (nSPS) is 9.12. The van der Waals surface area contributed by atoms with E-state index in [0.717, 1.165) is 8.58 Å². The van der Waals surface area contributed by atoms with Crippen LogP contribution in [0.3, 0.4) is 0 Å². The molecule has 2 aromatic carbocycles. The minimum atomic E-state index is -0.750. The monoisotopic (exact) mass is 234 g/mol. The van der Waals surface area contributed by atoms with Crippen molar-refractivity contribution in [3.05, 3.63) is 60.7 Å². The summed E-state index contributed by atoms with van der Waals surface area (Å²) < 4.78 is 0. The Kier molecular flexibility index (Phi) is 6.43. The van der Waals surface area contributed by atoms with Crippen molar-refractivity contribution in [2.45, 2.75) is 0 Å². The maximum atomic E-state index is 7.12. The van der Waals surface area contributed by atoms with Crippen LogP contribution in [-0.2, 0) is 0 Å². The number of rotatable bonds is 2. The first-order valence-electron chi connectivity index (χ1n) is 4.95. The molecule has 0 bridgehead atoms. The van der Waals surface area contributed by atoms with Gasteiger partial charge >= 0.3 is 0 Å². The molecule has 2 aromatic rings. The summed E-state index contributed by atoms with van der Waals surface area (Å²) in [5, 5.41) is 17.0. The lowest BCUT2D eigenvalue weighted by Gasteiger charge is -2.00. The van der Waals surface area contributed by atoms with Crippen molar-refractivity contribution in [3.63, 3.8) is 0 Å². The van der Waals surface area contributed by atoms with E-state index in [0.29, 0.717) is 0 Å². The van der Waals surface area contributed by atoms with Crippen LogP contribution in [0.1, 0.15) is 0 Å². The Morgan fingerprint density at radius 3 is 1.31 bits per heavy atom. The standard InChI is InChI=1S/C12H11P.CH4O2/c1-3-7-11(8-4-1)13-12-9-5-2-6-10-12;2-1-3/h1-10,13H;2-3H,1H2. The first kappa shape index (κ1) is 12.9. The van der Waals surface area contributed by atoms with Gasteiger partial charge in [-0.2, -0.15) is 0 Å². The highest BCUT2D eigenvalue weighted by Gasteiger charge is 1.92. The smallest absolute Gasteiger partial charge is 0.140 e. The van der Waals surface area contributed by atoms with Gasteiger partial charge in [-0.3, -0.25) is 0 Å². The average molecular weight is 234 g/mol. The molecule has 0 aliphatic carbocycles. The maximum Gasteiger partial charge on any atom is 0.140 e. The third kappa shape index (κ3) is 5.04. The molecule has 0 aliphatic heterocycles. The van der Waals surface area contributed by atoms with Gasteiger partial charge in [0.05, 0.1) is 0 Å². The summed E-state index contributed by atoms with van der Waals surface area (Å²) in [6.07, 6.45) is 0. The Morgan fingerprint density at radius 1 is 0.688 bits per heavy atom. The van der Waals surface area contributed by atoms with E-state index in [-0.39, 0.29) is 0 Å². The molecule has 84 valence electrons. The van der Waals surface area contributed by atoms with Crippen LogP contribution in [0.25, 0.3) is 0 Å². The van der Waals surface area contributed by atoms with Crippen molar-refractivity contribution in [1.82, 2.24) is 0 Å². The van der Waals surface area contributed by atoms with E-state index in [4.69, 9.17) is 10.2 Å². The predicted octanol–water partition coefficient (Wildman–Crippen LogP) is 1.24. The molecule has 3 heteroatoms. The zero-order chi connectivity index (χ0) is 11.6. The highest BCUT2D eigenvalue weighted by atomic mass is 31.1. The summed E-state index contributed by atoms with van der Waals surface area (Å²) in [5.74, 6) is 0. The van der Waals surface area contributed by atoms with Crippen LogP contribution < -0.4 is 10.6 Å². The highest BCUT2D eigenvalue weighted by molar-refractivity contribution is 7.55. The zero-order valence-electron chi connectivity index (χ0n) is 8.88. The fraction of sp³-hybridized carbons (Fsp3) is 0.0769. The summed E-state index contributed by atoms with van der Waals surface area (Å²) in [4.78, 5) is 0. The van der Waals surface area contributed by atoms with Gasteiger partial charge in [-0.25, -0.2) is 0 Å². The predicted molar refractivity (Wildman–Crippen MR) is 69.8 cm³/mol.